The van der Waals surface area contributed by atoms with E-state index in [1.165, 1.54) is 21.2 Å². The van der Waals surface area contributed by atoms with Crippen LogP contribution in [0, 0.1) is 0 Å². The lowest BCUT2D eigenvalue weighted by atomic mass is 10.0. The molecule has 0 radical (unpaired) electrons. The van der Waals surface area contributed by atoms with Crippen LogP contribution in [0.2, 0.25) is 0 Å². The van der Waals surface area contributed by atoms with E-state index in [0.29, 0.717) is 13.1 Å². The summed E-state index contributed by atoms with van der Waals surface area (Å²) in [5, 5.41) is 2.49. The van der Waals surface area contributed by atoms with Gasteiger partial charge in [-0.3, -0.25) is 9.69 Å². The first-order valence-corrected chi connectivity index (χ1v) is 7.85. The van der Waals surface area contributed by atoms with Crippen LogP contribution in [0.3, 0.4) is 0 Å². The average molecular weight is 321 g/mol. The fourth-order valence-corrected chi connectivity index (χ4v) is 3.07. The van der Waals surface area contributed by atoms with Gasteiger partial charge < -0.3 is 4.90 Å². The number of carbonyl (C=O) groups excluding carboxylic acids is 1. The van der Waals surface area contributed by atoms with Gasteiger partial charge in [-0.15, -0.1) is 0 Å². The molecule has 1 heterocycles. The largest absolute Gasteiger partial charge is 0.337 e. The Hall–Kier alpha value is -1.65. The summed E-state index contributed by atoms with van der Waals surface area (Å²) in [5.41, 5.74) is -0.650. The van der Waals surface area contributed by atoms with Crippen molar-refractivity contribution in [1.29, 1.82) is 0 Å². The first kappa shape index (κ1) is 15.3. The lowest BCUT2D eigenvalue weighted by molar-refractivity contribution is -0.135. The van der Waals surface area contributed by atoms with Crippen LogP contribution in [0.4, 0.5) is 4.39 Å². The van der Waals surface area contributed by atoms with Crippen LogP contribution < -0.4 is 0 Å². The highest BCUT2D eigenvalue weighted by molar-refractivity contribution is 6.29. The zero-order valence-corrected chi connectivity index (χ0v) is 13.0. The first-order chi connectivity index (χ1) is 10.6. The molecule has 0 bridgehead atoms. The molecule has 5 heteroatoms. The molecule has 1 unspecified atom stereocenters. The van der Waals surface area contributed by atoms with Gasteiger partial charge in [0, 0.05) is 32.7 Å². The third-order valence-corrected chi connectivity index (χ3v) is 4.33. The minimum absolute atomic E-state index is 0.525. The summed E-state index contributed by atoms with van der Waals surface area (Å²) >= 11 is 5.22. The SMILES string of the molecule is O=C(C(F)Cl)N1CCN(Cc2cccc3ccccc23)CC1. The Bertz CT molecular complexity index is 663. The average Bonchev–Trinajstić information content (AvgIpc) is 2.55. The van der Waals surface area contributed by atoms with Crippen molar-refractivity contribution in [3.05, 3.63) is 48.0 Å². The summed E-state index contributed by atoms with van der Waals surface area (Å²) in [7, 11) is 0. The molecule has 0 spiro atoms. The Kier molecular flexibility index (Phi) is 4.60. The predicted molar refractivity (Wildman–Crippen MR) is 86.6 cm³/mol. The molecule has 0 N–H and O–H groups in total. The lowest BCUT2D eigenvalue weighted by Crippen LogP contribution is -2.49. The van der Waals surface area contributed by atoms with Crippen LogP contribution in [0.1, 0.15) is 5.56 Å². The number of halogens is 2. The van der Waals surface area contributed by atoms with Crippen molar-refractivity contribution in [3.8, 4) is 0 Å². The van der Waals surface area contributed by atoms with Gasteiger partial charge in [-0.25, -0.2) is 4.39 Å². The minimum Gasteiger partial charge on any atom is -0.337 e. The minimum atomic E-state index is -1.93. The molecule has 0 aromatic heterocycles. The van der Waals surface area contributed by atoms with Crippen LogP contribution in [-0.2, 0) is 11.3 Å². The molecule has 0 aliphatic carbocycles. The van der Waals surface area contributed by atoms with Gasteiger partial charge in [0.05, 0.1) is 0 Å². The van der Waals surface area contributed by atoms with Crippen LogP contribution in [0.5, 0.6) is 0 Å². The van der Waals surface area contributed by atoms with Crippen LogP contribution >= 0.6 is 11.6 Å². The number of hydrogen-bond donors (Lipinski definition) is 0. The summed E-state index contributed by atoms with van der Waals surface area (Å²) < 4.78 is 12.9. The van der Waals surface area contributed by atoms with Crippen molar-refractivity contribution in [2.75, 3.05) is 26.2 Å². The number of alkyl halides is 2. The van der Waals surface area contributed by atoms with Gasteiger partial charge in [0.25, 0.3) is 11.5 Å². The summed E-state index contributed by atoms with van der Waals surface area (Å²) in [6.45, 7) is 3.36. The number of carbonyl (C=O) groups is 1. The molecular formula is C17H18ClFN2O. The van der Waals surface area contributed by atoms with E-state index in [-0.39, 0.29) is 0 Å². The van der Waals surface area contributed by atoms with Gasteiger partial charge in [-0.05, 0) is 16.3 Å². The fraction of sp³-hybridized carbons (Fsp3) is 0.353. The third kappa shape index (κ3) is 3.23. The van der Waals surface area contributed by atoms with Gasteiger partial charge >= 0.3 is 0 Å². The van der Waals surface area contributed by atoms with E-state index in [1.54, 1.807) is 0 Å². The zero-order chi connectivity index (χ0) is 15.5. The Morgan fingerprint density at radius 3 is 2.50 bits per heavy atom. The van der Waals surface area contributed by atoms with Gasteiger partial charge in [-0.1, -0.05) is 54.1 Å². The maximum Gasteiger partial charge on any atom is 0.272 e. The van der Waals surface area contributed by atoms with Crippen molar-refractivity contribution < 1.29 is 9.18 Å². The Balaban J connectivity index is 1.66. The number of piperazine rings is 1. The van der Waals surface area contributed by atoms with Crippen molar-refractivity contribution in [3.63, 3.8) is 0 Å². The molecule has 1 aliphatic rings. The molecule has 2 aromatic rings. The molecule has 22 heavy (non-hydrogen) atoms. The topological polar surface area (TPSA) is 23.6 Å². The summed E-state index contributed by atoms with van der Waals surface area (Å²) in [6, 6.07) is 14.6. The van der Waals surface area contributed by atoms with Crippen LogP contribution in [-0.4, -0.2) is 47.5 Å². The number of fused-ring (bicyclic) bond motifs is 1. The van der Waals surface area contributed by atoms with Gasteiger partial charge in [-0.2, -0.15) is 0 Å². The van der Waals surface area contributed by atoms with E-state index in [9.17, 15) is 9.18 Å². The Morgan fingerprint density at radius 1 is 1.09 bits per heavy atom. The highest BCUT2D eigenvalue weighted by Crippen LogP contribution is 2.20. The fourth-order valence-electron chi connectivity index (χ4n) is 2.94. The number of amides is 1. The Labute approximate surface area is 134 Å². The molecule has 3 nitrogen and oxygen atoms in total. The van der Waals surface area contributed by atoms with E-state index < -0.39 is 11.5 Å². The second-order valence-corrected chi connectivity index (χ2v) is 5.92. The van der Waals surface area contributed by atoms with Crippen molar-refractivity contribution in [2.45, 2.75) is 12.2 Å². The number of nitrogens with zero attached hydrogens (tertiary/aromatic N) is 2. The second-order valence-electron chi connectivity index (χ2n) is 5.54. The molecule has 0 saturated carbocycles. The number of hydrogen-bond acceptors (Lipinski definition) is 2. The van der Waals surface area contributed by atoms with Crippen molar-refractivity contribution in [1.82, 2.24) is 9.80 Å². The number of rotatable bonds is 3. The molecule has 116 valence electrons. The summed E-state index contributed by atoms with van der Waals surface area (Å²) in [6.07, 6.45) is 0. The summed E-state index contributed by atoms with van der Waals surface area (Å²) in [4.78, 5) is 15.3. The first-order valence-electron chi connectivity index (χ1n) is 7.41. The van der Waals surface area contributed by atoms with E-state index in [4.69, 9.17) is 11.6 Å². The third-order valence-electron chi connectivity index (χ3n) is 4.14. The lowest BCUT2D eigenvalue weighted by Gasteiger charge is -2.35. The molecule has 1 atom stereocenters. The van der Waals surface area contributed by atoms with Gasteiger partial charge in [0.2, 0.25) is 0 Å². The maximum absolute atomic E-state index is 12.9. The molecule has 1 aliphatic heterocycles. The van der Waals surface area contributed by atoms with Crippen LogP contribution in [0.25, 0.3) is 10.8 Å². The Morgan fingerprint density at radius 2 is 1.77 bits per heavy atom. The molecular weight excluding hydrogens is 303 g/mol. The van der Waals surface area contributed by atoms with Gasteiger partial charge in [0.15, 0.2) is 0 Å². The summed E-state index contributed by atoms with van der Waals surface area (Å²) in [5.74, 6) is -0.619. The highest BCUT2D eigenvalue weighted by Gasteiger charge is 2.25. The zero-order valence-electron chi connectivity index (χ0n) is 12.2. The smallest absolute Gasteiger partial charge is 0.272 e. The van der Waals surface area contributed by atoms with E-state index >= 15 is 0 Å². The van der Waals surface area contributed by atoms with E-state index in [2.05, 4.69) is 35.2 Å². The quantitative estimate of drug-likeness (QED) is 0.812. The second kappa shape index (κ2) is 6.63. The molecule has 2 aromatic carbocycles. The molecule has 1 amide bonds. The normalized spacial score (nSPS) is 17.6. The highest BCUT2D eigenvalue weighted by atomic mass is 35.5. The predicted octanol–water partition coefficient (Wildman–Crippen LogP) is 3.02. The van der Waals surface area contributed by atoms with E-state index in [1.807, 2.05) is 12.1 Å². The van der Waals surface area contributed by atoms with Crippen molar-refractivity contribution >= 4 is 28.3 Å². The molecule has 1 saturated heterocycles. The standard InChI is InChI=1S/C17H18ClFN2O/c18-16(19)17(22)21-10-8-20(9-11-21)12-14-6-3-5-13-4-1-2-7-15(13)14/h1-7,16H,8-12H2. The van der Waals surface area contributed by atoms with E-state index in [0.717, 1.165) is 19.6 Å². The molecule has 1 fully saturated rings. The maximum atomic E-state index is 12.9. The number of benzene rings is 2. The van der Waals surface area contributed by atoms with Crippen molar-refractivity contribution in [2.24, 2.45) is 0 Å². The molecule has 3 rings (SSSR count). The monoisotopic (exact) mass is 320 g/mol. The van der Waals surface area contributed by atoms with Gasteiger partial charge in [0.1, 0.15) is 0 Å². The van der Waals surface area contributed by atoms with Crippen LogP contribution in [0.15, 0.2) is 42.5 Å².